The first-order chi connectivity index (χ1) is 13.6. The lowest BCUT2D eigenvalue weighted by molar-refractivity contribution is 0.171. The zero-order valence-electron chi connectivity index (χ0n) is 15.8. The summed E-state index contributed by atoms with van der Waals surface area (Å²) < 4.78 is 13.2. The van der Waals surface area contributed by atoms with E-state index in [0.717, 1.165) is 43.7 Å². The van der Waals surface area contributed by atoms with Crippen LogP contribution in [0, 0.1) is 0 Å². The third kappa shape index (κ3) is 3.95. The van der Waals surface area contributed by atoms with Crippen molar-refractivity contribution in [2.75, 3.05) is 19.8 Å². The molecule has 7 heteroatoms. The summed E-state index contributed by atoms with van der Waals surface area (Å²) >= 11 is 3.28. The monoisotopic (exact) mass is 411 g/mol. The number of benzene rings is 1. The smallest absolute Gasteiger partial charge is 0.206 e. The van der Waals surface area contributed by atoms with Gasteiger partial charge in [0.1, 0.15) is 13.2 Å². The Morgan fingerprint density at radius 2 is 1.96 bits per heavy atom. The molecular weight excluding hydrogens is 390 g/mol. The van der Waals surface area contributed by atoms with Crippen LogP contribution in [0.2, 0.25) is 0 Å². The fourth-order valence-corrected chi connectivity index (χ4v) is 4.40. The van der Waals surface area contributed by atoms with Crippen molar-refractivity contribution in [3.8, 4) is 22.1 Å². The minimum atomic E-state index is 0.568. The van der Waals surface area contributed by atoms with Crippen molar-refractivity contribution in [2.24, 2.45) is 10.1 Å². The Bertz CT molecular complexity index is 1090. The van der Waals surface area contributed by atoms with Crippen LogP contribution >= 0.6 is 22.7 Å². The number of hydrogen-bond acceptors (Lipinski definition) is 6. The molecule has 2 aromatic heterocycles. The van der Waals surface area contributed by atoms with E-state index in [4.69, 9.17) is 14.6 Å². The van der Waals surface area contributed by atoms with E-state index in [2.05, 4.69) is 28.4 Å². The van der Waals surface area contributed by atoms with Gasteiger partial charge in [-0.2, -0.15) is 5.10 Å². The number of nitrogens with zero attached hydrogens (tertiary/aromatic N) is 3. The summed E-state index contributed by atoms with van der Waals surface area (Å²) in [6, 6.07) is 10.1. The van der Waals surface area contributed by atoms with Gasteiger partial charge in [0.05, 0.1) is 22.8 Å². The lowest BCUT2D eigenvalue weighted by Gasteiger charge is -2.18. The lowest BCUT2D eigenvalue weighted by Crippen LogP contribution is -2.16. The van der Waals surface area contributed by atoms with Gasteiger partial charge in [0.25, 0.3) is 0 Å². The Labute approximate surface area is 171 Å². The number of thiophene rings is 1. The van der Waals surface area contributed by atoms with E-state index < -0.39 is 0 Å². The molecule has 0 spiro atoms. The Morgan fingerprint density at radius 3 is 2.71 bits per heavy atom. The highest BCUT2D eigenvalue weighted by Gasteiger charge is 2.14. The molecule has 28 heavy (non-hydrogen) atoms. The predicted molar refractivity (Wildman–Crippen MR) is 116 cm³/mol. The van der Waals surface area contributed by atoms with Crippen LogP contribution in [-0.4, -0.2) is 30.1 Å². The van der Waals surface area contributed by atoms with Gasteiger partial charge in [0, 0.05) is 10.9 Å². The summed E-state index contributed by atoms with van der Waals surface area (Å²) in [6.45, 7) is 9.66. The van der Waals surface area contributed by atoms with Crippen molar-refractivity contribution < 1.29 is 9.47 Å². The maximum absolute atomic E-state index is 5.71. The summed E-state index contributed by atoms with van der Waals surface area (Å²) in [5.41, 5.74) is 3.93. The van der Waals surface area contributed by atoms with Crippen LogP contribution in [0.1, 0.15) is 19.4 Å². The van der Waals surface area contributed by atoms with E-state index in [1.807, 2.05) is 42.8 Å². The van der Waals surface area contributed by atoms with Gasteiger partial charge < -0.3 is 9.47 Å². The molecule has 0 radical (unpaired) electrons. The highest BCUT2D eigenvalue weighted by Crippen LogP contribution is 2.31. The molecule has 0 saturated carbocycles. The molecule has 4 rings (SSSR count). The number of fused-ring (bicyclic) bond motifs is 1. The predicted octanol–water partition coefficient (Wildman–Crippen LogP) is 4.80. The van der Waals surface area contributed by atoms with E-state index in [1.165, 1.54) is 0 Å². The fourth-order valence-electron chi connectivity index (χ4n) is 2.78. The average molecular weight is 412 g/mol. The molecule has 0 atom stereocenters. The van der Waals surface area contributed by atoms with Gasteiger partial charge in [-0.15, -0.1) is 22.7 Å². The zero-order valence-corrected chi connectivity index (χ0v) is 17.5. The second-order valence-electron chi connectivity index (χ2n) is 6.51. The van der Waals surface area contributed by atoms with Crippen LogP contribution in [0.25, 0.3) is 10.6 Å². The molecule has 0 unspecified atom stereocenters. The van der Waals surface area contributed by atoms with Crippen molar-refractivity contribution >= 4 is 28.4 Å². The molecule has 0 fully saturated rings. The van der Waals surface area contributed by atoms with Crippen molar-refractivity contribution in [3.05, 3.63) is 63.6 Å². The number of hydrogen-bond donors (Lipinski definition) is 0. The van der Waals surface area contributed by atoms with Gasteiger partial charge in [-0.05, 0) is 43.5 Å². The largest absolute Gasteiger partial charge is 0.486 e. The van der Waals surface area contributed by atoms with Crippen LogP contribution < -0.4 is 14.3 Å². The number of rotatable bonds is 5. The number of ether oxygens (including phenoxy) is 2. The normalized spacial score (nSPS) is 14.4. The molecular formula is C21H21N3O2S2. The molecule has 144 valence electrons. The van der Waals surface area contributed by atoms with Gasteiger partial charge >= 0.3 is 0 Å². The second kappa shape index (κ2) is 8.16. The van der Waals surface area contributed by atoms with Gasteiger partial charge in [-0.1, -0.05) is 18.2 Å². The fraction of sp³-hybridized carbons (Fsp3) is 0.238. The lowest BCUT2D eigenvalue weighted by atomic mass is 10.1. The quantitative estimate of drug-likeness (QED) is 0.447. The van der Waals surface area contributed by atoms with Gasteiger partial charge in [-0.25, -0.2) is 4.68 Å². The Kier molecular flexibility index (Phi) is 5.45. The SMILES string of the molecule is C=C(C)CN=c1scc(-c2cccs2)n1N=C(C)c1ccc2c(c1)OCCO2. The summed E-state index contributed by atoms with van der Waals surface area (Å²) in [6.07, 6.45) is 0. The zero-order chi connectivity index (χ0) is 19.5. The maximum atomic E-state index is 5.71. The highest BCUT2D eigenvalue weighted by molar-refractivity contribution is 7.14. The molecule has 0 N–H and O–H groups in total. The highest BCUT2D eigenvalue weighted by atomic mass is 32.1. The van der Waals surface area contributed by atoms with Crippen LogP contribution in [0.4, 0.5) is 0 Å². The topological polar surface area (TPSA) is 48.1 Å². The molecule has 0 amide bonds. The van der Waals surface area contributed by atoms with Gasteiger partial charge in [0.15, 0.2) is 11.5 Å². The van der Waals surface area contributed by atoms with Crippen LogP contribution in [-0.2, 0) is 0 Å². The van der Waals surface area contributed by atoms with Gasteiger partial charge in [0.2, 0.25) is 4.80 Å². The van der Waals surface area contributed by atoms with E-state index in [9.17, 15) is 0 Å². The van der Waals surface area contributed by atoms with Crippen LogP contribution in [0.3, 0.4) is 0 Å². The Hall–Kier alpha value is -2.64. The van der Waals surface area contributed by atoms with E-state index in [-0.39, 0.29) is 0 Å². The summed E-state index contributed by atoms with van der Waals surface area (Å²) in [4.78, 5) is 6.70. The van der Waals surface area contributed by atoms with Crippen molar-refractivity contribution in [2.45, 2.75) is 13.8 Å². The van der Waals surface area contributed by atoms with Crippen molar-refractivity contribution in [3.63, 3.8) is 0 Å². The maximum Gasteiger partial charge on any atom is 0.206 e. The summed E-state index contributed by atoms with van der Waals surface area (Å²) in [5, 5.41) is 9.07. The minimum Gasteiger partial charge on any atom is -0.486 e. The third-order valence-corrected chi connectivity index (χ3v) is 5.90. The molecule has 5 nitrogen and oxygen atoms in total. The molecule has 0 saturated heterocycles. The first-order valence-corrected chi connectivity index (χ1v) is 10.7. The molecule has 0 aliphatic carbocycles. The third-order valence-electron chi connectivity index (χ3n) is 4.15. The first-order valence-electron chi connectivity index (χ1n) is 8.97. The molecule has 3 aromatic rings. The Morgan fingerprint density at radius 1 is 1.14 bits per heavy atom. The minimum absolute atomic E-state index is 0.568. The summed E-state index contributed by atoms with van der Waals surface area (Å²) in [5.74, 6) is 1.54. The van der Waals surface area contributed by atoms with Crippen molar-refractivity contribution in [1.82, 2.24) is 4.68 Å². The van der Waals surface area contributed by atoms with Crippen molar-refractivity contribution in [1.29, 1.82) is 0 Å². The number of aromatic nitrogens is 1. The molecule has 0 bridgehead atoms. The van der Waals surface area contributed by atoms with Crippen LogP contribution in [0.5, 0.6) is 11.5 Å². The van der Waals surface area contributed by atoms with E-state index >= 15 is 0 Å². The summed E-state index contributed by atoms with van der Waals surface area (Å²) in [7, 11) is 0. The van der Waals surface area contributed by atoms with Crippen LogP contribution in [0.15, 0.2) is 63.3 Å². The average Bonchev–Trinajstić information content (AvgIpc) is 3.35. The Balaban J connectivity index is 1.78. The first kappa shape index (κ1) is 18.7. The molecule has 1 aliphatic heterocycles. The molecule has 3 heterocycles. The standard InChI is InChI=1S/C21H21N3O2S2/c1-14(2)12-22-21-24(17(13-28-21)20-5-4-10-27-20)23-15(3)16-6-7-18-19(11-16)26-9-8-25-18/h4-7,10-11,13H,1,8-9,12H2,2-3H3. The molecule has 1 aliphatic rings. The molecule has 1 aromatic carbocycles. The van der Waals surface area contributed by atoms with Gasteiger partial charge in [-0.3, -0.25) is 4.99 Å². The van der Waals surface area contributed by atoms with E-state index in [1.54, 1.807) is 22.7 Å². The second-order valence-corrected chi connectivity index (χ2v) is 8.29. The van der Waals surface area contributed by atoms with E-state index in [0.29, 0.717) is 19.8 Å². The number of thiazole rings is 1.